The molecule has 1 heterocycles. The second kappa shape index (κ2) is 7.51. The van der Waals surface area contributed by atoms with E-state index in [-0.39, 0.29) is 32.1 Å². The lowest BCUT2D eigenvalue weighted by Crippen LogP contribution is -2.50. The topological polar surface area (TPSA) is 57.7 Å². The van der Waals surface area contributed by atoms with Gasteiger partial charge in [-0.2, -0.15) is 17.5 Å². The van der Waals surface area contributed by atoms with E-state index < -0.39 is 31.7 Å². The first kappa shape index (κ1) is 20.0. The van der Waals surface area contributed by atoms with Crippen molar-refractivity contribution in [2.24, 2.45) is 0 Å². The van der Waals surface area contributed by atoms with Crippen molar-refractivity contribution >= 4 is 27.5 Å². The van der Waals surface area contributed by atoms with Crippen molar-refractivity contribution in [3.8, 4) is 0 Å². The van der Waals surface area contributed by atoms with Gasteiger partial charge in [0.05, 0.1) is 15.5 Å². The molecule has 1 aromatic carbocycles. The molecule has 2 rings (SSSR count). The van der Waals surface area contributed by atoms with E-state index in [1.807, 2.05) is 6.92 Å². The minimum Gasteiger partial charge on any atom is -0.340 e. The third kappa shape index (κ3) is 4.45. The van der Waals surface area contributed by atoms with E-state index in [2.05, 4.69) is 0 Å². The number of benzene rings is 1. The van der Waals surface area contributed by atoms with E-state index in [0.29, 0.717) is 18.9 Å². The summed E-state index contributed by atoms with van der Waals surface area (Å²) in [5, 5.41) is -0.554. The van der Waals surface area contributed by atoms with Crippen molar-refractivity contribution in [3.05, 3.63) is 28.8 Å². The summed E-state index contributed by atoms with van der Waals surface area (Å²) in [7, 11) is -4.09. The third-order valence-corrected chi connectivity index (χ3v) is 6.16. The lowest BCUT2D eigenvalue weighted by Gasteiger charge is -2.34. The van der Waals surface area contributed by atoms with Crippen LogP contribution in [0.25, 0.3) is 0 Å². The van der Waals surface area contributed by atoms with Gasteiger partial charge in [0.25, 0.3) is 0 Å². The fourth-order valence-corrected chi connectivity index (χ4v) is 4.25. The lowest BCUT2D eigenvalue weighted by molar-refractivity contribution is -0.137. The molecule has 10 heteroatoms. The van der Waals surface area contributed by atoms with Crippen molar-refractivity contribution in [1.82, 2.24) is 9.21 Å². The summed E-state index contributed by atoms with van der Waals surface area (Å²) in [5.41, 5.74) is -1.19. The van der Waals surface area contributed by atoms with Gasteiger partial charge in [-0.1, -0.05) is 18.5 Å². The Morgan fingerprint density at radius 3 is 2.32 bits per heavy atom. The fourth-order valence-electron chi connectivity index (χ4n) is 2.58. The molecule has 1 saturated heterocycles. The first-order valence-corrected chi connectivity index (χ1v) is 9.54. The number of sulfonamides is 1. The van der Waals surface area contributed by atoms with Crippen LogP contribution in [0.15, 0.2) is 23.1 Å². The maximum atomic E-state index is 12.9. The van der Waals surface area contributed by atoms with Gasteiger partial charge in [-0.25, -0.2) is 8.42 Å². The molecule has 140 valence electrons. The molecular formula is C15H18ClF3N2O3S. The first-order chi connectivity index (χ1) is 11.6. The van der Waals surface area contributed by atoms with Crippen LogP contribution in [0, 0.1) is 0 Å². The number of nitrogens with zero attached hydrogens (tertiary/aromatic N) is 2. The van der Waals surface area contributed by atoms with Gasteiger partial charge in [-0.05, 0) is 24.6 Å². The Morgan fingerprint density at radius 1 is 1.20 bits per heavy atom. The molecule has 0 N–H and O–H groups in total. The number of hydrogen-bond acceptors (Lipinski definition) is 3. The first-order valence-electron chi connectivity index (χ1n) is 7.72. The maximum absolute atomic E-state index is 12.9. The van der Waals surface area contributed by atoms with E-state index in [9.17, 15) is 26.4 Å². The Hall–Kier alpha value is -1.32. The van der Waals surface area contributed by atoms with Crippen LogP contribution in [0.5, 0.6) is 0 Å². The van der Waals surface area contributed by atoms with E-state index >= 15 is 0 Å². The quantitative estimate of drug-likeness (QED) is 0.783. The Morgan fingerprint density at radius 2 is 1.80 bits per heavy atom. The summed E-state index contributed by atoms with van der Waals surface area (Å²) in [6.07, 6.45) is -3.66. The lowest BCUT2D eigenvalue weighted by atomic mass is 10.2. The Labute approximate surface area is 149 Å². The zero-order valence-corrected chi connectivity index (χ0v) is 15.1. The largest absolute Gasteiger partial charge is 0.417 e. The Balaban J connectivity index is 2.19. The van der Waals surface area contributed by atoms with Crippen LogP contribution in [-0.4, -0.2) is 49.7 Å². The third-order valence-electron chi connectivity index (χ3n) is 3.94. The van der Waals surface area contributed by atoms with Gasteiger partial charge in [-0.15, -0.1) is 0 Å². The summed E-state index contributed by atoms with van der Waals surface area (Å²) in [4.78, 5) is 12.9. The van der Waals surface area contributed by atoms with Crippen molar-refractivity contribution in [1.29, 1.82) is 0 Å². The molecule has 0 saturated carbocycles. The molecule has 1 amide bonds. The van der Waals surface area contributed by atoms with Gasteiger partial charge in [0.2, 0.25) is 15.9 Å². The predicted molar refractivity (Wildman–Crippen MR) is 86.7 cm³/mol. The molecule has 1 aliphatic rings. The van der Waals surface area contributed by atoms with Crippen molar-refractivity contribution in [2.45, 2.75) is 30.8 Å². The van der Waals surface area contributed by atoms with E-state index in [1.165, 1.54) is 0 Å². The van der Waals surface area contributed by atoms with Crippen LogP contribution >= 0.6 is 11.6 Å². The number of halogens is 4. The number of carbonyl (C=O) groups is 1. The number of carbonyl (C=O) groups excluding carboxylic acids is 1. The molecule has 0 aliphatic carbocycles. The molecule has 0 aromatic heterocycles. The predicted octanol–water partition coefficient (Wildman–Crippen LogP) is 2.99. The highest BCUT2D eigenvalue weighted by molar-refractivity contribution is 7.89. The number of alkyl halides is 3. The molecule has 1 aromatic rings. The van der Waals surface area contributed by atoms with Gasteiger partial charge >= 0.3 is 6.18 Å². The second-order valence-electron chi connectivity index (χ2n) is 5.67. The van der Waals surface area contributed by atoms with Gasteiger partial charge in [0.1, 0.15) is 0 Å². The number of hydrogen-bond donors (Lipinski definition) is 0. The highest BCUT2D eigenvalue weighted by atomic mass is 35.5. The normalized spacial score (nSPS) is 16.9. The van der Waals surface area contributed by atoms with Crippen molar-refractivity contribution in [3.63, 3.8) is 0 Å². The van der Waals surface area contributed by atoms with Crippen LogP contribution in [0.3, 0.4) is 0 Å². The fraction of sp³-hybridized carbons (Fsp3) is 0.533. The molecular weight excluding hydrogens is 381 g/mol. The monoisotopic (exact) mass is 398 g/mol. The van der Waals surface area contributed by atoms with E-state index in [0.717, 1.165) is 16.4 Å². The Kier molecular flexibility index (Phi) is 6.01. The van der Waals surface area contributed by atoms with Crippen molar-refractivity contribution < 1.29 is 26.4 Å². The maximum Gasteiger partial charge on any atom is 0.417 e. The molecule has 25 heavy (non-hydrogen) atoms. The summed E-state index contributed by atoms with van der Waals surface area (Å²) in [6.45, 7) is 2.40. The smallest absolute Gasteiger partial charge is 0.340 e. The van der Waals surface area contributed by atoms with Crippen LogP contribution in [0.2, 0.25) is 5.02 Å². The SMILES string of the molecule is CCCC(=O)N1CCN(S(=O)(=O)c2ccc(Cl)c(C(F)(F)F)c2)CC1. The number of amides is 1. The minimum absolute atomic E-state index is 0.0434. The average molecular weight is 399 g/mol. The summed E-state index contributed by atoms with van der Waals surface area (Å²) in [5.74, 6) is -0.0506. The Bertz CT molecular complexity index is 745. The van der Waals surface area contributed by atoms with Gasteiger partial charge < -0.3 is 4.90 Å². The van der Waals surface area contributed by atoms with E-state index in [4.69, 9.17) is 11.6 Å². The molecule has 0 unspecified atom stereocenters. The second-order valence-corrected chi connectivity index (χ2v) is 8.02. The highest BCUT2D eigenvalue weighted by Gasteiger charge is 2.36. The van der Waals surface area contributed by atoms with Gasteiger partial charge in [-0.3, -0.25) is 4.79 Å². The molecule has 0 radical (unpaired) electrons. The van der Waals surface area contributed by atoms with Crippen LogP contribution in [0.1, 0.15) is 25.3 Å². The molecule has 0 spiro atoms. The molecule has 5 nitrogen and oxygen atoms in total. The van der Waals surface area contributed by atoms with E-state index in [1.54, 1.807) is 4.90 Å². The minimum atomic E-state index is -4.74. The van der Waals surface area contributed by atoms with Crippen LogP contribution in [-0.2, 0) is 21.0 Å². The van der Waals surface area contributed by atoms with Crippen LogP contribution < -0.4 is 0 Å². The van der Waals surface area contributed by atoms with Crippen LogP contribution in [0.4, 0.5) is 13.2 Å². The summed E-state index contributed by atoms with van der Waals surface area (Å²) >= 11 is 5.53. The molecule has 0 atom stereocenters. The summed E-state index contributed by atoms with van der Waals surface area (Å²) < 4.78 is 65.1. The van der Waals surface area contributed by atoms with Gasteiger partial charge in [0, 0.05) is 32.6 Å². The molecule has 1 fully saturated rings. The molecule has 0 bridgehead atoms. The highest BCUT2D eigenvalue weighted by Crippen LogP contribution is 2.36. The van der Waals surface area contributed by atoms with Gasteiger partial charge in [0.15, 0.2) is 0 Å². The zero-order chi connectivity index (χ0) is 18.8. The average Bonchev–Trinajstić information content (AvgIpc) is 2.54. The standard InChI is InChI=1S/C15H18ClF3N2O3S/c1-2-3-14(22)20-6-8-21(9-7-20)25(23,24)11-4-5-13(16)12(10-11)15(17,18)19/h4-5,10H,2-3,6-9H2,1H3. The zero-order valence-electron chi connectivity index (χ0n) is 13.5. The summed E-state index contributed by atoms with van der Waals surface area (Å²) in [6, 6.07) is 2.53. The number of piperazine rings is 1. The number of rotatable bonds is 4. The molecule has 1 aliphatic heterocycles. The van der Waals surface area contributed by atoms with Crippen molar-refractivity contribution in [2.75, 3.05) is 26.2 Å².